The molecule has 0 spiro atoms. The number of carbonyl (C=O) groups is 2. The lowest BCUT2D eigenvalue weighted by Crippen LogP contribution is -2.35. The number of carbonyl (C=O) groups excluding carboxylic acids is 2. The zero-order valence-corrected chi connectivity index (χ0v) is 16.2. The summed E-state index contributed by atoms with van der Waals surface area (Å²) in [6, 6.07) is 10.1. The van der Waals surface area contributed by atoms with E-state index in [0.717, 1.165) is 37.0 Å². The molecule has 8 heteroatoms. The molecule has 1 aliphatic rings. The Morgan fingerprint density at radius 2 is 1.93 bits per heavy atom. The molecule has 0 aliphatic carbocycles. The standard InChI is InChI=1S/C21H23N5O3/c1-14(20-23-16-6-2-3-7-17(16)24-20)22-21(29)15-8-9-18(27)26(12-15)13-19(28)25-10-4-5-11-25/h2-3,6-9,12,14H,4-5,10-11,13H2,1H3,(H,22,29)(H,23,24)/t14-/m0/s1. The molecule has 29 heavy (non-hydrogen) atoms. The first-order chi connectivity index (χ1) is 14.0. The van der Waals surface area contributed by atoms with Gasteiger partial charge in [0.05, 0.1) is 22.6 Å². The average Bonchev–Trinajstić information content (AvgIpc) is 3.39. The Hall–Kier alpha value is -3.42. The minimum atomic E-state index is -0.346. The predicted octanol–water partition coefficient (Wildman–Crippen LogP) is 1.84. The summed E-state index contributed by atoms with van der Waals surface area (Å²) in [5, 5.41) is 2.89. The number of benzene rings is 1. The highest BCUT2D eigenvalue weighted by atomic mass is 16.2. The van der Waals surface area contributed by atoms with Crippen LogP contribution in [0.2, 0.25) is 0 Å². The normalized spacial score (nSPS) is 14.9. The van der Waals surface area contributed by atoms with E-state index in [0.29, 0.717) is 11.4 Å². The molecule has 1 aliphatic heterocycles. The molecular formula is C21H23N5O3. The van der Waals surface area contributed by atoms with Crippen LogP contribution in [0.1, 0.15) is 42.0 Å². The van der Waals surface area contributed by atoms with Crippen molar-refractivity contribution in [3.63, 3.8) is 0 Å². The van der Waals surface area contributed by atoms with Gasteiger partial charge in [-0.1, -0.05) is 12.1 Å². The van der Waals surface area contributed by atoms with Gasteiger partial charge in [0.1, 0.15) is 12.4 Å². The molecule has 2 N–H and O–H groups in total. The number of nitrogens with one attached hydrogen (secondary N) is 2. The van der Waals surface area contributed by atoms with Crippen molar-refractivity contribution >= 4 is 22.8 Å². The molecule has 8 nitrogen and oxygen atoms in total. The van der Waals surface area contributed by atoms with Gasteiger partial charge in [0.25, 0.3) is 11.5 Å². The first-order valence-corrected chi connectivity index (χ1v) is 9.75. The van der Waals surface area contributed by atoms with E-state index in [1.54, 1.807) is 4.90 Å². The number of imidazole rings is 1. The molecule has 2 amide bonds. The highest BCUT2D eigenvalue weighted by molar-refractivity contribution is 5.94. The second kappa shape index (κ2) is 7.90. The molecule has 150 valence electrons. The van der Waals surface area contributed by atoms with Gasteiger partial charge in [-0.2, -0.15) is 0 Å². The van der Waals surface area contributed by atoms with E-state index in [2.05, 4.69) is 15.3 Å². The van der Waals surface area contributed by atoms with Crippen LogP contribution < -0.4 is 10.9 Å². The predicted molar refractivity (Wildman–Crippen MR) is 108 cm³/mol. The van der Waals surface area contributed by atoms with Gasteiger partial charge in [0.2, 0.25) is 5.91 Å². The largest absolute Gasteiger partial charge is 0.342 e. The van der Waals surface area contributed by atoms with Crippen LogP contribution >= 0.6 is 0 Å². The van der Waals surface area contributed by atoms with E-state index in [9.17, 15) is 14.4 Å². The van der Waals surface area contributed by atoms with Crippen molar-refractivity contribution in [2.24, 2.45) is 0 Å². The third kappa shape index (κ3) is 4.06. The molecule has 0 bridgehead atoms. The summed E-state index contributed by atoms with van der Waals surface area (Å²) in [4.78, 5) is 46.6. The fraction of sp³-hybridized carbons (Fsp3) is 0.333. The van der Waals surface area contributed by atoms with Crippen molar-refractivity contribution in [1.82, 2.24) is 24.8 Å². The minimum absolute atomic E-state index is 0.0565. The second-order valence-corrected chi connectivity index (χ2v) is 7.31. The van der Waals surface area contributed by atoms with E-state index in [1.165, 1.54) is 22.9 Å². The van der Waals surface area contributed by atoms with Crippen LogP contribution in [-0.4, -0.2) is 44.3 Å². The van der Waals surface area contributed by atoms with Crippen molar-refractivity contribution in [3.05, 3.63) is 64.3 Å². The molecule has 0 saturated carbocycles. The van der Waals surface area contributed by atoms with Gasteiger partial charge in [-0.05, 0) is 38.0 Å². The Bertz CT molecular complexity index is 1080. The van der Waals surface area contributed by atoms with Crippen molar-refractivity contribution in [2.75, 3.05) is 13.1 Å². The Morgan fingerprint density at radius 1 is 1.17 bits per heavy atom. The highest BCUT2D eigenvalue weighted by Gasteiger charge is 2.20. The molecule has 3 aromatic rings. The Morgan fingerprint density at radius 3 is 2.69 bits per heavy atom. The van der Waals surface area contributed by atoms with Crippen molar-refractivity contribution in [1.29, 1.82) is 0 Å². The highest BCUT2D eigenvalue weighted by Crippen LogP contribution is 2.16. The lowest BCUT2D eigenvalue weighted by Gasteiger charge is -2.16. The number of nitrogens with zero attached hydrogens (tertiary/aromatic N) is 3. The van der Waals surface area contributed by atoms with Crippen molar-refractivity contribution in [2.45, 2.75) is 32.4 Å². The van der Waals surface area contributed by atoms with Crippen LogP contribution in [0.5, 0.6) is 0 Å². The molecule has 1 aromatic carbocycles. The topological polar surface area (TPSA) is 100 Å². The number of hydrogen-bond acceptors (Lipinski definition) is 4. The van der Waals surface area contributed by atoms with Gasteiger partial charge < -0.3 is 19.8 Å². The zero-order chi connectivity index (χ0) is 20.4. The summed E-state index contributed by atoms with van der Waals surface area (Å²) in [6.45, 7) is 3.23. The molecule has 1 fully saturated rings. The fourth-order valence-corrected chi connectivity index (χ4v) is 3.53. The van der Waals surface area contributed by atoms with E-state index in [-0.39, 0.29) is 30.0 Å². The van der Waals surface area contributed by atoms with E-state index in [1.807, 2.05) is 31.2 Å². The van der Waals surface area contributed by atoms with Gasteiger partial charge in [-0.3, -0.25) is 14.4 Å². The maximum atomic E-state index is 12.7. The average molecular weight is 393 g/mol. The van der Waals surface area contributed by atoms with Crippen LogP contribution in [0.25, 0.3) is 11.0 Å². The molecule has 2 aromatic heterocycles. The minimum Gasteiger partial charge on any atom is -0.342 e. The first-order valence-electron chi connectivity index (χ1n) is 9.75. The summed E-state index contributed by atoms with van der Waals surface area (Å²) in [7, 11) is 0. The Balaban J connectivity index is 1.47. The van der Waals surface area contributed by atoms with Crippen LogP contribution in [0.3, 0.4) is 0 Å². The summed E-state index contributed by atoms with van der Waals surface area (Å²) >= 11 is 0. The van der Waals surface area contributed by atoms with Gasteiger partial charge in [-0.25, -0.2) is 4.98 Å². The number of amides is 2. The van der Waals surface area contributed by atoms with Crippen LogP contribution in [-0.2, 0) is 11.3 Å². The molecule has 0 radical (unpaired) electrons. The van der Waals surface area contributed by atoms with Gasteiger partial charge >= 0.3 is 0 Å². The number of pyridine rings is 1. The summed E-state index contributed by atoms with van der Waals surface area (Å²) in [6.07, 6.45) is 3.42. The second-order valence-electron chi connectivity index (χ2n) is 7.31. The number of fused-ring (bicyclic) bond motifs is 1. The number of hydrogen-bond donors (Lipinski definition) is 2. The summed E-state index contributed by atoms with van der Waals surface area (Å²) in [5.41, 5.74) is 1.75. The quantitative estimate of drug-likeness (QED) is 0.691. The third-order valence-electron chi connectivity index (χ3n) is 5.18. The Kier molecular flexibility index (Phi) is 5.16. The molecule has 1 atom stereocenters. The van der Waals surface area contributed by atoms with Crippen LogP contribution in [0.4, 0.5) is 0 Å². The number of aromatic nitrogens is 3. The summed E-state index contributed by atoms with van der Waals surface area (Å²) in [5.74, 6) is 0.218. The fourth-order valence-electron chi connectivity index (χ4n) is 3.53. The molecule has 0 unspecified atom stereocenters. The SMILES string of the molecule is C[C@H](NC(=O)c1ccc(=O)n(CC(=O)N2CCCC2)c1)c1nc2ccccc2[nH]1. The maximum absolute atomic E-state index is 12.7. The van der Waals surface area contributed by atoms with Crippen molar-refractivity contribution in [3.8, 4) is 0 Å². The van der Waals surface area contributed by atoms with Crippen LogP contribution in [0, 0.1) is 0 Å². The summed E-state index contributed by atoms with van der Waals surface area (Å²) < 4.78 is 1.29. The number of likely N-dealkylation sites (tertiary alicyclic amines) is 1. The Labute approximate surface area is 167 Å². The van der Waals surface area contributed by atoms with Crippen molar-refractivity contribution < 1.29 is 9.59 Å². The number of H-pyrrole nitrogens is 1. The zero-order valence-electron chi connectivity index (χ0n) is 16.2. The molecular weight excluding hydrogens is 370 g/mol. The molecule has 1 saturated heterocycles. The maximum Gasteiger partial charge on any atom is 0.253 e. The van der Waals surface area contributed by atoms with Gasteiger partial charge in [-0.15, -0.1) is 0 Å². The van der Waals surface area contributed by atoms with E-state index >= 15 is 0 Å². The van der Waals surface area contributed by atoms with Gasteiger partial charge in [0.15, 0.2) is 0 Å². The van der Waals surface area contributed by atoms with Crippen LogP contribution in [0.15, 0.2) is 47.4 Å². The smallest absolute Gasteiger partial charge is 0.253 e. The lowest BCUT2D eigenvalue weighted by molar-refractivity contribution is -0.130. The van der Waals surface area contributed by atoms with E-state index in [4.69, 9.17) is 0 Å². The molecule has 4 rings (SSSR count). The number of rotatable bonds is 5. The third-order valence-corrected chi connectivity index (χ3v) is 5.18. The number of aromatic amines is 1. The number of para-hydroxylation sites is 2. The lowest BCUT2D eigenvalue weighted by atomic mass is 10.2. The molecule has 3 heterocycles. The van der Waals surface area contributed by atoms with E-state index < -0.39 is 0 Å². The monoisotopic (exact) mass is 393 g/mol. The van der Waals surface area contributed by atoms with Gasteiger partial charge in [0, 0.05) is 25.4 Å². The first kappa shape index (κ1) is 18.9.